The van der Waals surface area contributed by atoms with Crippen LogP contribution in [0.15, 0.2) is 24.3 Å². The maximum absolute atomic E-state index is 11.5. The summed E-state index contributed by atoms with van der Waals surface area (Å²) in [4.78, 5) is 13.0. The van der Waals surface area contributed by atoms with Crippen LogP contribution in [0.25, 0.3) is 0 Å². The van der Waals surface area contributed by atoms with Gasteiger partial charge in [-0.25, -0.2) is 4.79 Å². The van der Waals surface area contributed by atoms with E-state index in [4.69, 9.17) is 9.84 Å². The summed E-state index contributed by atoms with van der Waals surface area (Å²) in [5.41, 5.74) is 1.11. The van der Waals surface area contributed by atoms with Crippen molar-refractivity contribution in [3.8, 4) is 5.75 Å². The second-order valence-corrected chi connectivity index (χ2v) is 3.98. The summed E-state index contributed by atoms with van der Waals surface area (Å²) in [6.07, 6.45) is 0.746. The van der Waals surface area contributed by atoms with Gasteiger partial charge in [-0.05, 0) is 24.1 Å². The molecular formula is C13H20N2O3. The highest BCUT2D eigenvalue weighted by Gasteiger charge is 2.06. The average molecular weight is 252 g/mol. The lowest BCUT2D eigenvalue weighted by Crippen LogP contribution is -2.39. The molecule has 0 aliphatic rings. The monoisotopic (exact) mass is 252 g/mol. The summed E-state index contributed by atoms with van der Waals surface area (Å²) in [6.45, 7) is 0.868. The Hall–Kier alpha value is -1.75. The molecule has 0 radical (unpaired) electrons. The molecule has 0 unspecified atom stereocenters. The molecule has 0 atom stereocenters. The van der Waals surface area contributed by atoms with Crippen LogP contribution in [0.3, 0.4) is 0 Å². The highest BCUT2D eigenvalue weighted by atomic mass is 16.5. The highest BCUT2D eigenvalue weighted by Crippen LogP contribution is 2.12. The molecule has 0 spiro atoms. The number of methoxy groups -OCH3 is 1. The van der Waals surface area contributed by atoms with Crippen LogP contribution in [0, 0.1) is 0 Å². The maximum Gasteiger partial charge on any atom is 0.317 e. The number of rotatable bonds is 6. The predicted molar refractivity (Wildman–Crippen MR) is 69.8 cm³/mol. The fraction of sp³-hybridized carbons (Fsp3) is 0.462. The number of likely N-dealkylation sites (N-methyl/N-ethyl adjacent to an activating group) is 1. The van der Waals surface area contributed by atoms with Gasteiger partial charge in [-0.15, -0.1) is 0 Å². The molecule has 0 aliphatic heterocycles. The molecule has 0 aromatic heterocycles. The molecular weight excluding hydrogens is 232 g/mol. The van der Waals surface area contributed by atoms with E-state index < -0.39 is 0 Å². The Labute approximate surface area is 107 Å². The van der Waals surface area contributed by atoms with Crippen LogP contribution in [-0.2, 0) is 6.42 Å². The van der Waals surface area contributed by atoms with Crippen molar-refractivity contribution in [3.63, 3.8) is 0 Å². The number of benzene rings is 1. The number of nitrogens with one attached hydrogen (secondary N) is 1. The normalized spacial score (nSPS) is 9.94. The Balaban J connectivity index is 2.34. The maximum atomic E-state index is 11.5. The molecule has 0 saturated heterocycles. The van der Waals surface area contributed by atoms with E-state index in [9.17, 15) is 4.79 Å². The zero-order valence-corrected chi connectivity index (χ0v) is 10.8. The van der Waals surface area contributed by atoms with Crippen LogP contribution < -0.4 is 10.1 Å². The number of ether oxygens (including phenoxy) is 1. The summed E-state index contributed by atoms with van der Waals surface area (Å²) in [6, 6.07) is 7.58. The van der Waals surface area contributed by atoms with E-state index in [0.29, 0.717) is 13.1 Å². The van der Waals surface area contributed by atoms with Gasteiger partial charge in [0.1, 0.15) is 5.75 Å². The van der Waals surface area contributed by atoms with Crippen LogP contribution in [0.2, 0.25) is 0 Å². The zero-order chi connectivity index (χ0) is 13.4. The molecule has 2 N–H and O–H groups in total. The van der Waals surface area contributed by atoms with Gasteiger partial charge in [-0.2, -0.15) is 0 Å². The van der Waals surface area contributed by atoms with Crippen LogP contribution in [0.4, 0.5) is 4.79 Å². The fourth-order valence-electron chi connectivity index (χ4n) is 1.53. The first-order valence-corrected chi connectivity index (χ1v) is 5.90. The molecule has 5 heteroatoms. The van der Waals surface area contributed by atoms with E-state index in [2.05, 4.69) is 5.32 Å². The van der Waals surface area contributed by atoms with Crippen molar-refractivity contribution in [1.82, 2.24) is 10.2 Å². The molecule has 1 rings (SSSR count). The van der Waals surface area contributed by atoms with Crippen molar-refractivity contribution < 1.29 is 14.6 Å². The molecule has 5 nitrogen and oxygen atoms in total. The predicted octanol–water partition coefficient (Wildman–Crippen LogP) is 0.871. The number of carbonyl (C=O) groups excluding carboxylic acids is 1. The third kappa shape index (κ3) is 4.63. The van der Waals surface area contributed by atoms with Crippen LogP contribution in [0.5, 0.6) is 5.75 Å². The van der Waals surface area contributed by atoms with Crippen LogP contribution >= 0.6 is 0 Å². The number of amides is 2. The minimum Gasteiger partial charge on any atom is -0.497 e. The van der Waals surface area contributed by atoms with E-state index in [-0.39, 0.29) is 12.6 Å². The molecule has 0 bridgehead atoms. The number of urea groups is 1. The van der Waals surface area contributed by atoms with Gasteiger partial charge in [0.05, 0.1) is 13.7 Å². The van der Waals surface area contributed by atoms with E-state index >= 15 is 0 Å². The minimum atomic E-state index is -0.174. The first kappa shape index (κ1) is 14.3. The van der Waals surface area contributed by atoms with Crippen molar-refractivity contribution in [2.75, 3.05) is 33.9 Å². The molecule has 100 valence electrons. The molecule has 0 saturated carbocycles. The largest absolute Gasteiger partial charge is 0.497 e. The van der Waals surface area contributed by atoms with Crippen molar-refractivity contribution in [1.29, 1.82) is 0 Å². The summed E-state index contributed by atoms with van der Waals surface area (Å²) in [5, 5.41) is 11.5. The van der Waals surface area contributed by atoms with E-state index in [1.165, 1.54) is 4.90 Å². The third-order valence-corrected chi connectivity index (χ3v) is 2.61. The van der Waals surface area contributed by atoms with Gasteiger partial charge >= 0.3 is 6.03 Å². The average Bonchev–Trinajstić information content (AvgIpc) is 2.39. The Bertz CT molecular complexity index is 382. The van der Waals surface area contributed by atoms with Crippen molar-refractivity contribution in [2.24, 2.45) is 0 Å². The molecule has 1 aromatic rings. The van der Waals surface area contributed by atoms with Gasteiger partial charge in [0.25, 0.3) is 0 Å². The first-order chi connectivity index (χ1) is 8.67. The smallest absolute Gasteiger partial charge is 0.317 e. The van der Waals surface area contributed by atoms with Gasteiger partial charge < -0.3 is 20.1 Å². The van der Waals surface area contributed by atoms with Gasteiger partial charge in [0.2, 0.25) is 0 Å². The van der Waals surface area contributed by atoms with Crippen molar-refractivity contribution in [3.05, 3.63) is 29.8 Å². The summed E-state index contributed by atoms with van der Waals surface area (Å²) < 4.78 is 5.13. The fourth-order valence-corrected chi connectivity index (χ4v) is 1.53. The lowest BCUT2D eigenvalue weighted by atomic mass is 10.1. The van der Waals surface area contributed by atoms with Crippen LogP contribution in [-0.4, -0.2) is 49.9 Å². The topological polar surface area (TPSA) is 61.8 Å². The minimum absolute atomic E-state index is 0.0280. The van der Waals surface area contributed by atoms with Gasteiger partial charge in [-0.1, -0.05) is 12.1 Å². The SMILES string of the molecule is COc1cccc(CCNC(=O)N(C)CCO)c1. The lowest BCUT2D eigenvalue weighted by Gasteiger charge is -2.16. The molecule has 0 aliphatic carbocycles. The lowest BCUT2D eigenvalue weighted by molar-refractivity contribution is 0.190. The van der Waals surface area contributed by atoms with E-state index in [0.717, 1.165) is 17.7 Å². The number of carbonyl (C=O) groups is 1. The molecule has 2 amide bonds. The molecule has 18 heavy (non-hydrogen) atoms. The Kier molecular flexibility index (Phi) is 6.00. The Morgan fingerprint density at radius 1 is 1.50 bits per heavy atom. The highest BCUT2D eigenvalue weighted by molar-refractivity contribution is 5.73. The van der Waals surface area contributed by atoms with Crippen molar-refractivity contribution in [2.45, 2.75) is 6.42 Å². The van der Waals surface area contributed by atoms with Crippen molar-refractivity contribution >= 4 is 6.03 Å². The number of hydrogen-bond acceptors (Lipinski definition) is 3. The summed E-state index contributed by atoms with van der Waals surface area (Å²) in [5.74, 6) is 0.816. The zero-order valence-electron chi connectivity index (χ0n) is 10.8. The van der Waals surface area contributed by atoms with Gasteiger partial charge in [-0.3, -0.25) is 0 Å². The number of aliphatic hydroxyl groups is 1. The standard InChI is InChI=1S/C13H20N2O3/c1-15(8-9-16)13(17)14-7-6-11-4-3-5-12(10-11)18-2/h3-5,10,16H,6-9H2,1-2H3,(H,14,17). The molecule has 0 fully saturated rings. The molecule has 0 heterocycles. The molecule has 1 aromatic carbocycles. The number of hydrogen-bond donors (Lipinski definition) is 2. The Morgan fingerprint density at radius 3 is 2.94 bits per heavy atom. The van der Waals surface area contributed by atoms with Gasteiger partial charge in [0.15, 0.2) is 0 Å². The number of aliphatic hydroxyl groups excluding tert-OH is 1. The number of nitrogens with zero attached hydrogens (tertiary/aromatic N) is 1. The summed E-state index contributed by atoms with van der Waals surface area (Å²) in [7, 11) is 3.28. The quantitative estimate of drug-likeness (QED) is 0.789. The third-order valence-electron chi connectivity index (χ3n) is 2.61. The Morgan fingerprint density at radius 2 is 2.28 bits per heavy atom. The van der Waals surface area contributed by atoms with E-state index in [1.807, 2.05) is 24.3 Å². The first-order valence-electron chi connectivity index (χ1n) is 5.90. The van der Waals surface area contributed by atoms with E-state index in [1.54, 1.807) is 14.2 Å². The second-order valence-electron chi connectivity index (χ2n) is 3.98. The van der Waals surface area contributed by atoms with Gasteiger partial charge in [0, 0.05) is 20.1 Å². The van der Waals surface area contributed by atoms with Crippen LogP contribution in [0.1, 0.15) is 5.56 Å². The second kappa shape index (κ2) is 7.55. The summed E-state index contributed by atoms with van der Waals surface area (Å²) >= 11 is 0.